The van der Waals surface area contributed by atoms with Crippen LogP contribution in [0.1, 0.15) is 24.6 Å². The number of nitrogens with two attached hydrogens (primary N) is 1. The van der Waals surface area contributed by atoms with Crippen molar-refractivity contribution < 1.29 is 9.47 Å². The Morgan fingerprint density at radius 1 is 1.10 bits per heavy atom. The van der Waals surface area contributed by atoms with Gasteiger partial charge in [-0.2, -0.15) is 0 Å². The summed E-state index contributed by atoms with van der Waals surface area (Å²) in [6.45, 7) is 3.81. The standard InChI is InChI=1S/C17H22N2O2/c1-2-10-20-16-7-6-14(13-18)17(12-16)21-11-8-15-5-3-4-9-19-15/h3-7,9,12H,2,8,10-11,13,18H2,1H3. The monoisotopic (exact) mass is 286 g/mol. The summed E-state index contributed by atoms with van der Waals surface area (Å²) in [4.78, 5) is 4.28. The van der Waals surface area contributed by atoms with Crippen LogP contribution in [0.15, 0.2) is 42.6 Å². The van der Waals surface area contributed by atoms with Gasteiger partial charge in [0.15, 0.2) is 0 Å². The molecule has 0 spiro atoms. The van der Waals surface area contributed by atoms with Gasteiger partial charge in [0.2, 0.25) is 0 Å². The summed E-state index contributed by atoms with van der Waals surface area (Å²) in [6, 6.07) is 11.7. The number of hydrogen-bond donors (Lipinski definition) is 1. The summed E-state index contributed by atoms with van der Waals surface area (Å²) in [7, 11) is 0. The fraction of sp³-hybridized carbons (Fsp3) is 0.353. The average molecular weight is 286 g/mol. The van der Waals surface area contributed by atoms with Gasteiger partial charge in [-0.25, -0.2) is 0 Å². The molecule has 0 amide bonds. The van der Waals surface area contributed by atoms with Gasteiger partial charge in [-0.05, 0) is 24.6 Å². The zero-order valence-corrected chi connectivity index (χ0v) is 12.4. The van der Waals surface area contributed by atoms with E-state index in [-0.39, 0.29) is 0 Å². The van der Waals surface area contributed by atoms with Crippen LogP contribution < -0.4 is 15.2 Å². The molecular weight excluding hydrogens is 264 g/mol. The quantitative estimate of drug-likeness (QED) is 0.810. The van der Waals surface area contributed by atoms with Gasteiger partial charge >= 0.3 is 0 Å². The predicted octanol–water partition coefficient (Wildman–Crippen LogP) is 2.95. The summed E-state index contributed by atoms with van der Waals surface area (Å²) < 4.78 is 11.5. The van der Waals surface area contributed by atoms with Crippen molar-refractivity contribution in [1.29, 1.82) is 0 Å². The van der Waals surface area contributed by atoms with Crippen molar-refractivity contribution in [3.8, 4) is 11.5 Å². The maximum atomic E-state index is 5.85. The van der Waals surface area contributed by atoms with Crippen LogP contribution in [-0.4, -0.2) is 18.2 Å². The molecule has 0 bridgehead atoms. The molecule has 4 heteroatoms. The third-order valence-corrected chi connectivity index (χ3v) is 3.07. The molecule has 4 nitrogen and oxygen atoms in total. The van der Waals surface area contributed by atoms with Crippen LogP contribution >= 0.6 is 0 Å². The Bertz CT molecular complexity index is 544. The predicted molar refractivity (Wildman–Crippen MR) is 83.6 cm³/mol. The van der Waals surface area contributed by atoms with E-state index in [4.69, 9.17) is 15.2 Å². The van der Waals surface area contributed by atoms with E-state index in [0.717, 1.165) is 35.6 Å². The Hall–Kier alpha value is -2.07. The first kappa shape index (κ1) is 15.3. The van der Waals surface area contributed by atoms with Crippen LogP contribution in [0.4, 0.5) is 0 Å². The molecule has 0 atom stereocenters. The number of hydrogen-bond acceptors (Lipinski definition) is 4. The lowest BCUT2D eigenvalue weighted by molar-refractivity contribution is 0.301. The number of benzene rings is 1. The topological polar surface area (TPSA) is 57.4 Å². The average Bonchev–Trinajstić information content (AvgIpc) is 2.54. The molecule has 0 unspecified atom stereocenters. The van der Waals surface area contributed by atoms with Gasteiger partial charge in [-0.15, -0.1) is 0 Å². The number of rotatable bonds is 8. The van der Waals surface area contributed by atoms with Gasteiger partial charge in [0, 0.05) is 36.5 Å². The number of ether oxygens (including phenoxy) is 2. The fourth-order valence-corrected chi connectivity index (χ4v) is 1.96. The molecule has 0 fully saturated rings. The molecule has 0 aliphatic carbocycles. The van der Waals surface area contributed by atoms with Crippen molar-refractivity contribution in [2.45, 2.75) is 26.3 Å². The van der Waals surface area contributed by atoms with Crippen molar-refractivity contribution in [2.24, 2.45) is 5.73 Å². The van der Waals surface area contributed by atoms with Gasteiger partial charge in [-0.1, -0.05) is 19.1 Å². The van der Waals surface area contributed by atoms with E-state index in [1.54, 1.807) is 6.20 Å². The Kier molecular flexibility index (Phi) is 6.03. The molecule has 0 aliphatic heterocycles. The molecule has 112 valence electrons. The zero-order valence-electron chi connectivity index (χ0n) is 12.4. The second-order valence-electron chi connectivity index (χ2n) is 4.74. The summed E-state index contributed by atoms with van der Waals surface area (Å²) in [6.07, 6.45) is 3.54. The molecule has 1 aromatic carbocycles. The van der Waals surface area contributed by atoms with Gasteiger partial charge in [0.05, 0.1) is 13.2 Å². The van der Waals surface area contributed by atoms with E-state index in [1.807, 2.05) is 36.4 Å². The third-order valence-electron chi connectivity index (χ3n) is 3.07. The van der Waals surface area contributed by atoms with E-state index in [2.05, 4.69) is 11.9 Å². The minimum Gasteiger partial charge on any atom is -0.493 e. The zero-order chi connectivity index (χ0) is 14.9. The molecule has 2 rings (SSSR count). The van der Waals surface area contributed by atoms with Crippen LogP contribution in [0, 0.1) is 0 Å². The van der Waals surface area contributed by atoms with Crippen molar-refractivity contribution in [1.82, 2.24) is 4.98 Å². The highest BCUT2D eigenvalue weighted by molar-refractivity contribution is 5.40. The number of pyridine rings is 1. The van der Waals surface area contributed by atoms with Crippen LogP contribution in [0.5, 0.6) is 11.5 Å². The molecule has 2 aromatic rings. The normalized spacial score (nSPS) is 10.4. The number of nitrogens with zero attached hydrogens (tertiary/aromatic N) is 1. The van der Waals surface area contributed by atoms with Crippen LogP contribution in [-0.2, 0) is 13.0 Å². The Balaban J connectivity index is 1.96. The first-order valence-electron chi connectivity index (χ1n) is 7.32. The Morgan fingerprint density at radius 3 is 2.71 bits per heavy atom. The van der Waals surface area contributed by atoms with Gasteiger partial charge in [0.25, 0.3) is 0 Å². The minimum absolute atomic E-state index is 0.451. The maximum Gasteiger partial charge on any atom is 0.127 e. The van der Waals surface area contributed by atoms with Gasteiger partial charge in [0.1, 0.15) is 11.5 Å². The highest BCUT2D eigenvalue weighted by Crippen LogP contribution is 2.25. The molecular formula is C17H22N2O2. The molecule has 0 aliphatic rings. The van der Waals surface area contributed by atoms with E-state index in [0.29, 0.717) is 19.8 Å². The highest BCUT2D eigenvalue weighted by atomic mass is 16.5. The fourth-order valence-electron chi connectivity index (χ4n) is 1.96. The molecule has 0 radical (unpaired) electrons. The van der Waals surface area contributed by atoms with E-state index in [9.17, 15) is 0 Å². The summed E-state index contributed by atoms with van der Waals surface area (Å²) in [5.41, 5.74) is 7.76. The van der Waals surface area contributed by atoms with Crippen LogP contribution in [0.25, 0.3) is 0 Å². The van der Waals surface area contributed by atoms with Crippen LogP contribution in [0.3, 0.4) is 0 Å². The molecule has 0 saturated heterocycles. The third kappa shape index (κ3) is 4.76. The van der Waals surface area contributed by atoms with Crippen molar-refractivity contribution >= 4 is 0 Å². The second kappa shape index (κ2) is 8.27. The lowest BCUT2D eigenvalue weighted by Gasteiger charge is -2.13. The molecule has 1 aromatic heterocycles. The smallest absolute Gasteiger partial charge is 0.127 e. The largest absolute Gasteiger partial charge is 0.493 e. The first-order valence-corrected chi connectivity index (χ1v) is 7.32. The van der Waals surface area contributed by atoms with Crippen molar-refractivity contribution in [3.63, 3.8) is 0 Å². The highest BCUT2D eigenvalue weighted by Gasteiger charge is 2.05. The first-order chi connectivity index (χ1) is 10.3. The van der Waals surface area contributed by atoms with Crippen LogP contribution in [0.2, 0.25) is 0 Å². The summed E-state index contributed by atoms with van der Waals surface area (Å²) in [5.74, 6) is 1.61. The van der Waals surface area contributed by atoms with E-state index >= 15 is 0 Å². The lowest BCUT2D eigenvalue weighted by Crippen LogP contribution is -2.07. The number of aromatic nitrogens is 1. The van der Waals surface area contributed by atoms with Crippen molar-refractivity contribution in [2.75, 3.05) is 13.2 Å². The Labute approximate surface area is 125 Å². The van der Waals surface area contributed by atoms with E-state index < -0.39 is 0 Å². The van der Waals surface area contributed by atoms with Gasteiger partial charge in [-0.3, -0.25) is 4.98 Å². The Morgan fingerprint density at radius 2 is 2.00 bits per heavy atom. The molecule has 21 heavy (non-hydrogen) atoms. The molecule has 0 saturated carbocycles. The van der Waals surface area contributed by atoms with E-state index in [1.165, 1.54) is 0 Å². The minimum atomic E-state index is 0.451. The van der Waals surface area contributed by atoms with Crippen molar-refractivity contribution in [3.05, 3.63) is 53.9 Å². The molecule has 2 N–H and O–H groups in total. The summed E-state index contributed by atoms with van der Waals surface area (Å²) in [5, 5.41) is 0. The summed E-state index contributed by atoms with van der Waals surface area (Å²) >= 11 is 0. The second-order valence-corrected chi connectivity index (χ2v) is 4.74. The van der Waals surface area contributed by atoms with Gasteiger partial charge < -0.3 is 15.2 Å². The maximum absolute atomic E-state index is 5.85. The lowest BCUT2D eigenvalue weighted by atomic mass is 10.2. The molecule has 1 heterocycles. The SMILES string of the molecule is CCCOc1ccc(CN)c(OCCc2ccccn2)c1.